The molecule has 0 saturated carbocycles. The summed E-state index contributed by atoms with van der Waals surface area (Å²) < 4.78 is 20.9. The first-order valence-electron chi connectivity index (χ1n) is 27.2. The second-order valence-corrected chi connectivity index (χ2v) is 20.6. The molecule has 4 aliphatic heterocycles. The molecule has 8 rings (SSSR count). The molecule has 21 heteroatoms. The normalized spacial score (nSPS) is 18.6. The number of aryl methyl sites for hydroxylation is 1. The zero-order valence-electron chi connectivity index (χ0n) is 45.4. The summed E-state index contributed by atoms with van der Waals surface area (Å²) in [5.41, 5.74) is 6.23. The van der Waals surface area contributed by atoms with E-state index in [1.165, 1.54) is 16.5 Å². The summed E-state index contributed by atoms with van der Waals surface area (Å²) in [5.74, 6) is 0.207. The minimum Gasteiger partial charge on any atom is -0.392 e. The number of unbranched alkanes of at least 4 members (excludes halogenated alkanes) is 2. The third-order valence-electron chi connectivity index (χ3n) is 15.4. The molecule has 1 aromatic carbocycles. The van der Waals surface area contributed by atoms with Crippen molar-refractivity contribution in [1.29, 1.82) is 0 Å². The highest BCUT2D eigenvalue weighted by molar-refractivity contribution is 6.05. The number of hydrogen-bond acceptors (Lipinski definition) is 15. The van der Waals surface area contributed by atoms with E-state index in [4.69, 9.17) is 14.7 Å². The largest absolute Gasteiger partial charge is 0.392 e. The Kier molecular flexibility index (Phi) is 18.7. The predicted molar refractivity (Wildman–Crippen MR) is 291 cm³/mol. The number of imide groups is 1. The van der Waals surface area contributed by atoms with Crippen molar-refractivity contribution in [3.63, 3.8) is 0 Å². The fourth-order valence-electron chi connectivity index (χ4n) is 10.3. The van der Waals surface area contributed by atoms with Crippen molar-refractivity contribution in [2.24, 2.45) is 0 Å². The Labute approximate surface area is 450 Å². The van der Waals surface area contributed by atoms with Gasteiger partial charge in [0.15, 0.2) is 11.6 Å². The van der Waals surface area contributed by atoms with Crippen LogP contribution in [0.15, 0.2) is 78.0 Å². The number of benzene rings is 1. The van der Waals surface area contributed by atoms with Crippen LogP contribution in [0, 0.1) is 5.82 Å². The highest BCUT2D eigenvalue weighted by Gasteiger charge is 2.43. The Hall–Kier alpha value is -7.26. The molecule has 3 aromatic heterocycles. The number of allylic oxidation sites excluding steroid dienone is 3. The molecule has 0 aliphatic carbocycles. The molecular weight excluding hydrogens is 984 g/mol. The van der Waals surface area contributed by atoms with E-state index in [-0.39, 0.29) is 36.1 Å². The molecule has 7 heterocycles. The van der Waals surface area contributed by atoms with Gasteiger partial charge in [-0.3, -0.25) is 34.2 Å². The van der Waals surface area contributed by atoms with Crippen molar-refractivity contribution >= 4 is 47.0 Å². The lowest BCUT2D eigenvalue weighted by Crippen LogP contribution is -2.55. The van der Waals surface area contributed by atoms with Crippen LogP contribution in [-0.2, 0) is 36.9 Å². The van der Waals surface area contributed by atoms with E-state index >= 15 is 0 Å². The number of carbonyl (C=O) groups is 5. The van der Waals surface area contributed by atoms with Crippen LogP contribution in [0.2, 0.25) is 0 Å². The monoisotopic (exact) mass is 1060 g/mol. The molecule has 2 atom stereocenters. The topological polar surface area (TPSA) is 224 Å². The predicted octanol–water partition coefficient (Wildman–Crippen LogP) is 5.47. The maximum absolute atomic E-state index is 13.9. The van der Waals surface area contributed by atoms with Crippen molar-refractivity contribution in [3.05, 3.63) is 106 Å². The Morgan fingerprint density at radius 3 is 2.44 bits per heavy atom. The van der Waals surface area contributed by atoms with Gasteiger partial charge in [0.25, 0.3) is 11.8 Å². The highest BCUT2D eigenvalue weighted by atomic mass is 19.1. The van der Waals surface area contributed by atoms with Crippen molar-refractivity contribution in [2.45, 2.75) is 123 Å². The van der Waals surface area contributed by atoms with Crippen LogP contribution in [0.4, 0.5) is 21.8 Å². The van der Waals surface area contributed by atoms with E-state index in [1.807, 2.05) is 45.2 Å². The van der Waals surface area contributed by atoms with Crippen LogP contribution in [-0.4, -0.2) is 142 Å². The quantitative estimate of drug-likeness (QED) is 0.0353. The number of ether oxygens (including phenoxy) is 1. The Bertz CT molecular complexity index is 2820. The third kappa shape index (κ3) is 14.0. The summed E-state index contributed by atoms with van der Waals surface area (Å²) in [7, 11) is 3.46. The Balaban J connectivity index is 0.782. The molecule has 4 aromatic rings. The number of methoxy groups -OCH3 is 1. The molecule has 20 nitrogen and oxygen atoms in total. The Morgan fingerprint density at radius 1 is 0.961 bits per heavy atom. The molecule has 3 saturated heterocycles. The number of nitrogens with one attached hydrogen (secondary N) is 5. The third-order valence-corrected chi connectivity index (χ3v) is 15.4. The van der Waals surface area contributed by atoms with Gasteiger partial charge in [-0.15, -0.1) is 0 Å². The van der Waals surface area contributed by atoms with E-state index in [0.29, 0.717) is 87.9 Å². The second kappa shape index (κ2) is 25.7. The van der Waals surface area contributed by atoms with Crippen LogP contribution < -0.4 is 36.4 Å². The van der Waals surface area contributed by atoms with Crippen LogP contribution in [0.25, 0.3) is 5.82 Å². The van der Waals surface area contributed by atoms with Crippen LogP contribution in [0.3, 0.4) is 0 Å². The standard InChI is InChI=1S/C56H75FN14O6/c1-7-37(2)46(30-38(3)58-5)64-48-31-43(63-55(65-48)69-24-20-56(77-6,21-25-69)54(76)62-39(4)40-15-18-49(60-33-40)71-36-42(57)34-61-71)12-8-9-13-50(72)59-22-10-11-23-67-26-28-68(29-27-67)44-16-14-41-35-70(53(75)45(41)32-44)47-17-19-51(73)66-52(47)74/h14-16,18,30-34,36,39,47,58H,7-13,17,19-29,35H2,1-6H3,(H,59,72)(H,62,76)(H,63,64,65)(H,66,73,74)/b38-30-,46-37-/t39-,47?/m0/s1. The second-order valence-electron chi connectivity index (χ2n) is 20.6. The lowest BCUT2D eigenvalue weighted by atomic mass is 9.89. The zero-order valence-corrected chi connectivity index (χ0v) is 45.4. The number of piperidine rings is 2. The van der Waals surface area contributed by atoms with Crippen LogP contribution >= 0.6 is 0 Å². The number of pyridine rings is 1. The fourth-order valence-corrected chi connectivity index (χ4v) is 10.3. The number of rotatable bonds is 23. The lowest BCUT2D eigenvalue weighted by Gasteiger charge is -2.40. The van der Waals surface area contributed by atoms with Crippen molar-refractivity contribution in [1.82, 2.24) is 55.8 Å². The number of anilines is 3. The van der Waals surface area contributed by atoms with Gasteiger partial charge >= 0.3 is 0 Å². The first-order valence-corrected chi connectivity index (χ1v) is 27.2. The Morgan fingerprint density at radius 2 is 1.75 bits per heavy atom. The van der Waals surface area contributed by atoms with Gasteiger partial charge in [0, 0.05) is 133 Å². The molecule has 0 spiro atoms. The van der Waals surface area contributed by atoms with E-state index < -0.39 is 23.4 Å². The summed E-state index contributed by atoms with van der Waals surface area (Å²) in [6, 6.07) is 10.5. The van der Waals surface area contributed by atoms with Gasteiger partial charge in [0.1, 0.15) is 17.5 Å². The summed E-state index contributed by atoms with van der Waals surface area (Å²) >= 11 is 0. The molecule has 0 radical (unpaired) electrons. The van der Waals surface area contributed by atoms with Gasteiger partial charge in [0.05, 0.1) is 18.4 Å². The van der Waals surface area contributed by atoms with Gasteiger partial charge < -0.3 is 40.7 Å². The summed E-state index contributed by atoms with van der Waals surface area (Å²) in [5, 5.41) is 19.4. The van der Waals surface area contributed by atoms with E-state index in [0.717, 1.165) is 98.5 Å². The van der Waals surface area contributed by atoms with Crippen molar-refractivity contribution < 1.29 is 33.1 Å². The summed E-state index contributed by atoms with van der Waals surface area (Å²) in [6.07, 6.45) is 12.7. The van der Waals surface area contributed by atoms with Gasteiger partial charge in [-0.25, -0.2) is 19.0 Å². The number of nitrogens with zero attached hydrogens (tertiary/aromatic N) is 9. The smallest absolute Gasteiger partial charge is 0.255 e. The average molecular weight is 1060 g/mol. The fraction of sp³-hybridized carbons (Fsp3) is 0.518. The number of fused-ring (bicyclic) bond motifs is 1. The molecule has 4 aliphatic rings. The van der Waals surface area contributed by atoms with Crippen LogP contribution in [0.5, 0.6) is 0 Å². The number of amides is 5. The molecule has 3 fully saturated rings. The molecular formula is C56H75FN14O6. The highest BCUT2D eigenvalue weighted by Crippen LogP contribution is 2.33. The average Bonchev–Trinajstić information content (AvgIpc) is 4.04. The molecule has 5 N–H and O–H groups in total. The van der Waals surface area contributed by atoms with E-state index in [1.54, 1.807) is 24.3 Å². The van der Waals surface area contributed by atoms with Crippen molar-refractivity contribution in [2.75, 3.05) is 81.6 Å². The molecule has 77 heavy (non-hydrogen) atoms. The van der Waals surface area contributed by atoms with E-state index in [9.17, 15) is 28.4 Å². The molecule has 5 amide bonds. The zero-order chi connectivity index (χ0) is 54.6. The van der Waals surface area contributed by atoms with Crippen molar-refractivity contribution in [3.8, 4) is 5.82 Å². The minimum atomic E-state index is -1.06. The molecule has 1 unspecified atom stereocenters. The number of halogens is 1. The summed E-state index contributed by atoms with van der Waals surface area (Å²) in [6.45, 7) is 14.5. The number of aromatic nitrogens is 5. The lowest BCUT2D eigenvalue weighted by molar-refractivity contribution is -0.147. The van der Waals surface area contributed by atoms with E-state index in [2.05, 4.69) is 77.4 Å². The maximum Gasteiger partial charge on any atom is 0.255 e. The first-order chi connectivity index (χ1) is 37.1. The SMILES string of the molecule is CC/C(C)=C(/C=C(/C)NC)Nc1cc(CCCCC(=O)NCCCCN2CCN(c3ccc4c(c3)C(=O)N(C3CCC(=O)NC3=O)C4)CC2)nc(N2CCC(OC)(C(=O)N[C@@H](C)c3ccc(-n4cc(F)cn4)nc3)CC2)n1. The van der Waals surface area contributed by atoms with Gasteiger partial charge in [-0.05, 0) is 113 Å². The van der Waals surface area contributed by atoms with Gasteiger partial charge in [-0.2, -0.15) is 10.1 Å². The maximum atomic E-state index is 13.9. The van der Waals surface area contributed by atoms with Gasteiger partial charge in [0.2, 0.25) is 23.7 Å². The first kappa shape index (κ1) is 56.0. The molecule has 412 valence electrons. The van der Waals surface area contributed by atoms with Crippen LogP contribution in [0.1, 0.15) is 125 Å². The number of hydrogen-bond donors (Lipinski definition) is 5. The summed E-state index contributed by atoms with van der Waals surface area (Å²) in [4.78, 5) is 87.3. The minimum absolute atomic E-state index is 0.0417. The molecule has 0 bridgehead atoms. The van der Waals surface area contributed by atoms with Gasteiger partial charge in [-0.1, -0.05) is 19.1 Å². The number of piperazine rings is 1. The number of carbonyl (C=O) groups excluding carboxylic acids is 5.